The number of rotatable bonds is 7. The average molecular weight is 481 g/mol. The van der Waals surface area contributed by atoms with E-state index in [2.05, 4.69) is 17.1 Å². The summed E-state index contributed by atoms with van der Waals surface area (Å²) in [6.45, 7) is 7.84. The first-order valence-corrected chi connectivity index (χ1v) is 12.4. The first-order chi connectivity index (χ1) is 17.5. The Bertz CT molecular complexity index is 1450. The normalized spacial score (nSPS) is 13.6. The second kappa shape index (κ2) is 9.96. The minimum atomic E-state index is -0.270. The number of aryl methyl sites for hydroxylation is 1. The van der Waals surface area contributed by atoms with Crippen molar-refractivity contribution in [1.82, 2.24) is 10.3 Å². The lowest BCUT2D eigenvalue weighted by molar-refractivity contribution is 0.387. The second-order valence-corrected chi connectivity index (χ2v) is 9.56. The molecule has 0 aliphatic carbocycles. The fourth-order valence-electron chi connectivity index (χ4n) is 5.02. The highest BCUT2D eigenvalue weighted by Crippen LogP contribution is 2.42. The molecule has 1 aliphatic heterocycles. The predicted molar refractivity (Wildman–Crippen MR) is 143 cm³/mol. The lowest BCUT2D eigenvalue weighted by Gasteiger charge is -2.42. The van der Waals surface area contributed by atoms with Crippen molar-refractivity contribution in [3.05, 3.63) is 77.7 Å². The number of hydrogen-bond acceptors (Lipinski definition) is 5. The van der Waals surface area contributed by atoms with Gasteiger partial charge in [0.15, 0.2) is 0 Å². The quantitative estimate of drug-likeness (QED) is 0.316. The van der Waals surface area contributed by atoms with Crippen LogP contribution in [0, 0.1) is 30.0 Å². The molecule has 1 fully saturated rings. The fourth-order valence-corrected chi connectivity index (χ4v) is 5.02. The molecule has 0 atom stereocenters. The number of nitrogens with zero attached hydrogens (tertiary/aromatic N) is 3. The van der Waals surface area contributed by atoms with Gasteiger partial charge in [-0.25, -0.2) is 4.39 Å². The van der Waals surface area contributed by atoms with Crippen molar-refractivity contribution in [2.75, 3.05) is 31.1 Å². The van der Waals surface area contributed by atoms with Gasteiger partial charge < -0.3 is 15.3 Å². The first kappa shape index (κ1) is 23.8. The van der Waals surface area contributed by atoms with Crippen molar-refractivity contribution >= 4 is 16.6 Å². The van der Waals surface area contributed by atoms with Gasteiger partial charge in [0.25, 0.3) is 0 Å². The minimum Gasteiger partial charge on any atom is -0.506 e. The van der Waals surface area contributed by atoms with Gasteiger partial charge in [-0.15, -0.1) is 0 Å². The molecule has 0 unspecified atom stereocenters. The predicted octanol–water partition coefficient (Wildman–Crippen LogP) is 6.03. The molecular formula is C30H29FN4O. The number of aromatic hydroxyl groups is 1. The summed E-state index contributed by atoms with van der Waals surface area (Å²) in [6.07, 6.45) is 2.94. The van der Waals surface area contributed by atoms with E-state index < -0.39 is 0 Å². The Morgan fingerprint density at radius 1 is 1.11 bits per heavy atom. The Morgan fingerprint density at radius 2 is 1.94 bits per heavy atom. The molecule has 1 aromatic heterocycles. The van der Waals surface area contributed by atoms with E-state index in [1.54, 1.807) is 18.2 Å². The number of nitrogens with one attached hydrogen (secondary N) is 1. The molecule has 3 aromatic carbocycles. The Morgan fingerprint density at radius 3 is 2.69 bits per heavy atom. The number of hydrogen-bond donors (Lipinski definition) is 2. The number of fused-ring (bicyclic) bond motifs is 1. The van der Waals surface area contributed by atoms with Crippen LogP contribution in [0.1, 0.15) is 24.5 Å². The van der Waals surface area contributed by atoms with E-state index in [0.717, 1.165) is 71.4 Å². The third-order valence-corrected chi connectivity index (χ3v) is 6.79. The Labute approximate surface area is 210 Å². The van der Waals surface area contributed by atoms with Crippen LogP contribution in [0.4, 0.5) is 10.1 Å². The van der Waals surface area contributed by atoms with Crippen LogP contribution in [0.3, 0.4) is 0 Å². The number of phenolic OH excluding ortho intramolecular Hbond substituents is 1. The van der Waals surface area contributed by atoms with Gasteiger partial charge in [0.05, 0.1) is 16.8 Å². The molecule has 0 amide bonds. The molecule has 182 valence electrons. The van der Waals surface area contributed by atoms with Crippen molar-refractivity contribution in [2.24, 2.45) is 5.92 Å². The topological polar surface area (TPSA) is 72.2 Å². The molecule has 0 spiro atoms. The highest BCUT2D eigenvalue weighted by Gasteiger charge is 2.30. The molecule has 1 saturated heterocycles. The molecule has 2 heterocycles. The Balaban J connectivity index is 1.64. The molecule has 6 heteroatoms. The van der Waals surface area contributed by atoms with Gasteiger partial charge in [-0.1, -0.05) is 31.2 Å². The Hall–Kier alpha value is -3.95. The maximum absolute atomic E-state index is 14.4. The molecule has 5 nitrogen and oxygen atoms in total. The monoisotopic (exact) mass is 480 g/mol. The van der Waals surface area contributed by atoms with Gasteiger partial charge in [-0.05, 0) is 66.9 Å². The first-order valence-electron chi connectivity index (χ1n) is 12.4. The van der Waals surface area contributed by atoms with Gasteiger partial charge in [-0.2, -0.15) is 5.26 Å². The zero-order valence-corrected chi connectivity index (χ0v) is 20.6. The number of pyridine rings is 1. The number of para-hydroxylation sites is 1. The van der Waals surface area contributed by atoms with Gasteiger partial charge in [0.2, 0.25) is 0 Å². The smallest absolute Gasteiger partial charge is 0.141 e. The summed E-state index contributed by atoms with van der Waals surface area (Å²) in [5, 5.41) is 24.5. The standard InChI is InChI=1S/C30H29FN4O/c1-3-9-33-15-20-17-35(18-20)29-26-13-21(25-6-4-5-22(14-32)30(25)36)7-8-28(26)34-16-27(29)23-10-19(2)11-24(31)12-23/h4-8,10-13,16,20,33,36H,3,9,15,17-18H2,1-2H3. The maximum atomic E-state index is 14.4. The SMILES string of the molecule is CCCNCC1CN(c2c(-c3cc(C)cc(F)c3)cnc3ccc(-c4cccc(C#N)c4O)cc23)C1. The summed E-state index contributed by atoms with van der Waals surface area (Å²) in [7, 11) is 0. The molecule has 0 bridgehead atoms. The highest BCUT2D eigenvalue weighted by molar-refractivity contribution is 6.02. The molecular weight excluding hydrogens is 451 g/mol. The zero-order valence-electron chi connectivity index (χ0n) is 20.6. The summed E-state index contributed by atoms with van der Waals surface area (Å²) >= 11 is 0. The van der Waals surface area contributed by atoms with E-state index in [0.29, 0.717) is 11.5 Å². The van der Waals surface area contributed by atoms with Crippen molar-refractivity contribution in [1.29, 1.82) is 5.26 Å². The lowest BCUT2D eigenvalue weighted by atomic mass is 9.92. The molecule has 0 radical (unpaired) electrons. The number of halogens is 1. The highest BCUT2D eigenvalue weighted by atomic mass is 19.1. The number of benzene rings is 3. The van der Waals surface area contributed by atoms with Gasteiger partial charge in [-0.3, -0.25) is 4.98 Å². The van der Waals surface area contributed by atoms with E-state index >= 15 is 0 Å². The van der Waals surface area contributed by atoms with Crippen molar-refractivity contribution in [3.8, 4) is 34.1 Å². The van der Waals surface area contributed by atoms with Crippen LogP contribution in [-0.4, -0.2) is 36.3 Å². The number of phenols is 1. The van der Waals surface area contributed by atoms with E-state index in [1.165, 1.54) is 6.07 Å². The number of nitriles is 1. The summed E-state index contributed by atoms with van der Waals surface area (Å²) in [4.78, 5) is 7.05. The third-order valence-electron chi connectivity index (χ3n) is 6.79. The summed E-state index contributed by atoms with van der Waals surface area (Å²) in [5.74, 6) is 0.242. The molecule has 36 heavy (non-hydrogen) atoms. The molecule has 2 N–H and O–H groups in total. The lowest BCUT2D eigenvalue weighted by Crippen LogP contribution is -2.51. The van der Waals surface area contributed by atoms with Gasteiger partial charge in [0, 0.05) is 48.3 Å². The van der Waals surface area contributed by atoms with Crippen molar-refractivity contribution in [3.63, 3.8) is 0 Å². The number of aromatic nitrogens is 1. The van der Waals surface area contributed by atoms with Crippen LogP contribution in [0.25, 0.3) is 33.2 Å². The van der Waals surface area contributed by atoms with Crippen LogP contribution in [0.2, 0.25) is 0 Å². The zero-order chi connectivity index (χ0) is 25.2. The van der Waals surface area contributed by atoms with E-state index in [1.807, 2.05) is 49.5 Å². The summed E-state index contributed by atoms with van der Waals surface area (Å²) < 4.78 is 14.4. The van der Waals surface area contributed by atoms with Crippen LogP contribution in [0.5, 0.6) is 5.75 Å². The van der Waals surface area contributed by atoms with Crippen molar-refractivity contribution < 1.29 is 9.50 Å². The van der Waals surface area contributed by atoms with E-state index in [4.69, 9.17) is 4.98 Å². The van der Waals surface area contributed by atoms with Crippen LogP contribution >= 0.6 is 0 Å². The van der Waals surface area contributed by atoms with Crippen LogP contribution in [0.15, 0.2) is 60.8 Å². The van der Waals surface area contributed by atoms with E-state index in [-0.39, 0.29) is 17.1 Å². The van der Waals surface area contributed by atoms with Gasteiger partial charge in [0.1, 0.15) is 17.6 Å². The summed E-state index contributed by atoms with van der Waals surface area (Å²) in [6, 6.07) is 18.2. The second-order valence-electron chi connectivity index (χ2n) is 9.56. The molecule has 5 rings (SSSR count). The Kier molecular flexibility index (Phi) is 6.58. The summed E-state index contributed by atoms with van der Waals surface area (Å²) in [5.41, 5.74) is 6.02. The minimum absolute atomic E-state index is 0.0308. The van der Waals surface area contributed by atoms with E-state index in [9.17, 15) is 14.8 Å². The molecule has 4 aromatic rings. The molecule has 0 saturated carbocycles. The average Bonchev–Trinajstić information content (AvgIpc) is 2.84. The fraction of sp³-hybridized carbons (Fsp3) is 0.267. The maximum Gasteiger partial charge on any atom is 0.141 e. The number of anilines is 1. The van der Waals surface area contributed by atoms with Crippen LogP contribution < -0.4 is 10.2 Å². The van der Waals surface area contributed by atoms with Gasteiger partial charge >= 0.3 is 0 Å². The molecule has 1 aliphatic rings. The van der Waals surface area contributed by atoms with Crippen LogP contribution in [-0.2, 0) is 0 Å². The third kappa shape index (κ3) is 4.50. The van der Waals surface area contributed by atoms with Crippen molar-refractivity contribution in [2.45, 2.75) is 20.3 Å². The largest absolute Gasteiger partial charge is 0.506 e.